The smallest absolute Gasteiger partial charge is 0.268 e. The number of fused-ring (bicyclic) bond motifs is 1. The van der Waals surface area contributed by atoms with Gasteiger partial charge in [0.25, 0.3) is 10.0 Å². The van der Waals surface area contributed by atoms with Crippen LogP contribution in [0.25, 0.3) is 22.3 Å². The lowest BCUT2D eigenvalue weighted by molar-refractivity contribution is 0.185. The lowest BCUT2D eigenvalue weighted by Gasteiger charge is -2.08. The molecule has 0 bridgehead atoms. The number of methoxy groups -OCH3 is 1. The number of benzene rings is 2. The molecule has 0 N–H and O–H groups in total. The van der Waals surface area contributed by atoms with Crippen LogP contribution in [0.1, 0.15) is 0 Å². The summed E-state index contributed by atoms with van der Waals surface area (Å²) in [6, 6.07) is 15.8. The fourth-order valence-corrected chi connectivity index (χ4v) is 5.17. The first-order valence-electron chi connectivity index (χ1n) is 8.95. The van der Waals surface area contributed by atoms with E-state index in [4.69, 9.17) is 4.74 Å². The minimum absolute atomic E-state index is 0.234. The zero-order valence-corrected chi connectivity index (χ0v) is 17.7. The number of rotatable bonds is 7. The molecule has 0 unspecified atom stereocenters. The fraction of sp³-hybridized carbons (Fsp3) is 0.200. The summed E-state index contributed by atoms with van der Waals surface area (Å²) in [6.07, 6.45) is 3.56. The van der Waals surface area contributed by atoms with Crippen molar-refractivity contribution in [2.75, 3.05) is 20.0 Å². The SMILES string of the molecule is COCCn1c(SC)nnc1-c1cn(S(=O)(=O)c2ccccc2)c2ccccc12. The first-order valence-corrected chi connectivity index (χ1v) is 11.6. The van der Waals surface area contributed by atoms with Gasteiger partial charge in [-0.3, -0.25) is 4.57 Å². The van der Waals surface area contributed by atoms with E-state index in [2.05, 4.69) is 10.2 Å². The first-order chi connectivity index (χ1) is 14.1. The average Bonchev–Trinajstić information content (AvgIpc) is 3.34. The summed E-state index contributed by atoms with van der Waals surface area (Å²) < 4.78 is 35.1. The van der Waals surface area contributed by atoms with Gasteiger partial charge < -0.3 is 4.74 Å². The van der Waals surface area contributed by atoms with Gasteiger partial charge in [-0.2, -0.15) is 0 Å². The fourth-order valence-electron chi connectivity index (χ4n) is 3.26. The number of nitrogens with zero attached hydrogens (tertiary/aromatic N) is 4. The Morgan fingerprint density at radius 3 is 2.48 bits per heavy atom. The van der Waals surface area contributed by atoms with Crippen LogP contribution in [0.15, 0.2) is 70.8 Å². The zero-order chi connectivity index (χ0) is 20.4. The molecule has 2 aromatic heterocycles. The maximum Gasteiger partial charge on any atom is 0.268 e. The van der Waals surface area contributed by atoms with Crippen molar-refractivity contribution in [3.63, 3.8) is 0 Å². The summed E-state index contributed by atoms with van der Waals surface area (Å²) in [5, 5.41) is 10.2. The summed E-state index contributed by atoms with van der Waals surface area (Å²) in [5.41, 5.74) is 1.31. The Morgan fingerprint density at radius 2 is 1.76 bits per heavy atom. The van der Waals surface area contributed by atoms with Crippen LogP contribution in [0.2, 0.25) is 0 Å². The van der Waals surface area contributed by atoms with Crippen LogP contribution in [0.4, 0.5) is 0 Å². The molecule has 7 nitrogen and oxygen atoms in total. The van der Waals surface area contributed by atoms with Gasteiger partial charge in [0.2, 0.25) is 0 Å². The van der Waals surface area contributed by atoms with E-state index in [9.17, 15) is 8.42 Å². The van der Waals surface area contributed by atoms with Crippen molar-refractivity contribution >= 4 is 32.7 Å². The molecule has 150 valence electrons. The van der Waals surface area contributed by atoms with Crippen LogP contribution < -0.4 is 0 Å². The molecule has 0 saturated carbocycles. The van der Waals surface area contributed by atoms with Crippen molar-refractivity contribution in [3.05, 3.63) is 60.8 Å². The molecular formula is C20H20N4O3S2. The molecule has 29 heavy (non-hydrogen) atoms. The second-order valence-electron chi connectivity index (χ2n) is 6.33. The van der Waals surface area contributed by atoms with Crippen LogP contribution >= 0.6 is 11.8 Å². The molecule has 0 saturated heterocycles. The van der Waals surface area contributed by atoms with Gasteiger partial charge in [-0.25, -0.2) is 12.4 Å². The van der Waals surface area contributed by atoms with E-state index in [-0.39, 0.29) is 4.90 Å². The van der Waals surface area contributed by atoms with Gasteiger partial charge in [-0.05, 0) is 24.5 Å². The van der Waals surface area contributed by atoms with E-state index in [0.29, 0.717) is 30.1 Å². The van der Waals surface area contributed by atoms with E-state index in [0.717, 1.165) is 10.5 Å². The number of ether oxygens (including phenoxy) is 1. The van der Waals surface area contributed by atoms with Crippen LogP contribution in [0.5, 0.6) is 0 Å². The minimum Gasteiger partial charge on any atom is -0.383 e. The van der Waals surface area contributed by atoms with Crippen LogP contribution in [-0.2, 0) is 21.3 Å². The normalized spacial score (nSPS) is 11.9. The largest absolute Gasteiger partial charge is 0.383 e. The average molecular weight is 429 g/mol. The second kappa shape index (κ2) is 8.02. The molecule has 2 heterocycles. The molecule has 0 radical (unpaired) electrons. The van der Waals surface area contributed by atoms with Gasteiger partial charge in [0.05, 0.1) is 23.6 Å². The summed E-state index contributed by atoms with van der Waals surface area (Å²) in [4.78, 5) is 0.234. The van der Waals surface area contributed by atoms with Gasteiger partial charge in [0, 0.05) is 24.3 Å². The standard InChI is InChI=1S/C20H20N4O3S2/c1-27-13-12-23-19(21-22-20(23)28-2)17-14-24(18-11-7-6-10-16(17)18)29(25,26)15-8-4-3-5-9-15/h3-11,14H,12-13H2,1-2H3. The number of hydrogen-bond acceptors (Lipinski definition) is 6. The molecule has 4 rings (SSSR count). The van der Waals surface area contributed by atoms with E-state index in [1.54, 1.807) is 49.7 Å². The molecule has 4 aromatic rings. The Kier molecular flexibility index (Phi) is 5.44. The Labute approximate surface area is 173 Å². The summed E-state index contributed by atoms with van der Waals surface area (Å²) in [6.45, 7) is 1.07. The van der Waals surface area contributed by atoms with Crippen molar-refractivity contribution in [1.29, 1.82) is 0 Å². The van der Waals surface area contributed by atoms with Crippen LogP contribution in [0.3, 0.4) is 0 Å². The maximum absolute atomic E-state index is 13.3. The van der Waals surface area contributed by atoms with E-state index < -0.39 is 10.0 Å². The van der Waals surface area contributed by atoms with Gasteiger partial charge in [-0.15, -0.1) is 10.2 Å². The summed E-state index contributed by atoms with van der Waals surface area (Å²) in [7, 11) is -2.11. The lowest BCUT2D eigenvalue weighted by atomic mass is 10.1. The first kappa shape index (κ1) is 19.7. The molecule has 0 aliphatic rings. The van der Waals surface area contributed by atoms with E-state index in [1.807, 2.05) is 29.0 Å². The van der Waals surface area contributed by atoms with Gasteiger partial charge in [-0.1, -0.05) is 48.2 Å². The van der Waals surface area contributed by atoms with Crippen LogP contribution in [-0.4, -0.2) is 47.1 Å². The molecule has 0 fully saturated rings. The number of thioether (sulfide) groups is 1. The van der Waals surface area contributed by atoms with E-state index in [1.165, 1.54) is 15.7 Å². The Hall–Kier alpha value is -2.62. The highest BCUT2D eigenvalue weighted by Gasteiger charge is 2.24. The monoisotopic (exact) mass is 428 g/mol. The number of hydrogen-bond donors (Lipinski definition) is 0. The Bertz CT molecular complexity index is 1250. The molecule has 0 spiro atoms. The molecule has 0 aliphatic heterocycles. The van der Waals surface area contributed by atoms with Crippen LogP contribution in [0, 0.1) is 0 Å². The lowest BCUT2D eigenvalue weighted by Crippen LogP contribution is -2.11. The van der Waals surface area contributed by atoms with Crippen molar-refractivity contribution < 1.29 is 13.2 Å². The third-order valence-electron chi connectivity index (χ3n) is 4.64. The second-order valence-corrected chi connectivity index (χ2v) is 8.92. The molecule has 9 heteroatoms. The molecule has 0 aliphatic carbocycles. The zero-order valence-electron chi connectivity index (χ0n) is 16.0. The Balaban J connectivity index is 1.95. The van der Waals surface area contributed by atoms with E-state index >= 15 is 0 Å². The Morgan fingerprint density at radius 1 is 1.03 bits per heavy atom. The molecule has 0 atom stereocenters. The highest BCUT2D eigenvalue weighted by molar-refractivity contribution is 7.98. The molecule has 0 amide bonds. The predicted octanol–water partition coefficient (Wildman–Crippen LogP) is 3.51. The van der Waals surface area contributed by atoms with Crippen molar-refractivity contribution in [2.24, 2.45) is 0 Å². The summed E-state index contributed by atoms with van der Waals surface area (Å²) in [5.74, 6) is 0.615. The highest BCUT2D eigenvalue weighted by atomic mass is 32.2. The van der Waals surface area contributed by atoms with Crippen molar-refractivity contribution in [3.8, 4) is 11.4 Å². The molecular weight excluding hydrogens is 408 g/mol. The maximum atomic E-state index is 13.3. The predicted molar refractivity (Wildman–Crippen MR) is 114 cm³/mol. The topological polar surface area (TPSA) is 79.0 Å². The van der Waals surface area contributed by atoms with Gasteiger partial charge in [0.15, 0.2) is 11.0 Å². The highest BCUT2D eigenvalue weighted by Crippen LogP contribution is 2.33. The number of para-hydroxylation sites is 1. The van der Waals surface area contributed by atoms with Crippen molar-refractivity contribution in [2.45, 2.75) is 16.6 Å². The summed E-state index contributed by atoms with van der Waals surface area (Å²) >= 11 is 1.48. The quantitative estimate of drug-likeness (QED) is 0.419. The van der Waals surface area contributed by atoms with Gasteiger partial charge >= 0.3 is 0 Å². The minimum atomic E-state index is -3.75. The third-order valence-corrected chi connectivity index (χ3v) is 6.99. The number of aromatic nitrogens is 4. The van der Waals surface area contributed by atoms with Gasteiger partial charge in [0.1, 0.15) is 0 Å². The molecule has 2 aromatic carbocycles. The van der Waals surface area contributed by atoms with Crippen molar-refractivity contribution in [1.82, 2.24) is 18.7 Å². The third kappa shape index (κ3) is 3.45.